The molecule has 0 aliphatic carbocycles. The van der Waals surface area contributed by atoms with Crippen molar-refractivity contribution >= 4 is 34.3 Å². The van der Waals surface area contributed by atoms with E-state index in [1.165, 1.54) is 6.92 Å². The SMILES string of the molecule is CCOC(=O)c1c(NC(=O)CN[C@@H](C)c2cccc3ccccc23)oc(C)c1C(C)=O. The van der Waals surface area contributed by atoms with Crippen molar-refractivity contribution in [2.45, 2.75) is 33.7 Å². The van der Waals surface area contributed by atoms with Gasteiger partial charge in [0.1, 0.15) is 11.3 Å². The highest BCUT2D eigenvalue weighted by molar-refractivity contribution is 6.10. The van der Waals surface area contributed by atoms with Gasteiger partial charge in [0.2, 0.25) is 11.8 Å². The van der Waals surface area contributed by atoms with Gasteiger partial charge in [0.05, 0.1) is 18.7 Å². The summed E-state index contributed by atoms with van der Waals surface area (Å²) in [6, 6.07) is 14.0. The van der Waals surface area contributed by atoms with Gasteiger partial charge in [-0.1, -0.05) is 42.5 Å². The van der Waals surface area contributed by atoms with Gasteiger partial charge in [-0.15, -0.1) is 0 Å². The third-order valence-electron chi connectivity index (χ3n) is 5.03. The highest BCUT2D eigenvalue weighted by atomic mass is 16.5. The monoisotopic (exact) mass is 422 g/mol. The molecule has 0 bridgehead atoms. The number of esters is 1. The van der Waals surface area contributed by atoms with Crippen molar-refractivity contribution in [1.82, 2.24) is 5.32 Å². The first kappa shape index (κ1) is 22.2. The molecule has 0 aliphatic rings. The van der Waals surface area contributed by atoms with Crippen LogP contribution in [0.5, 0.6) is 0 Å². The van der Waals surface area contributed by atoms with Crippen LogP contribution in [0.2, 0.25) is 0 Å². The van der Waals surface area contributed by atoms with Crippen LogP contribution in [0.3, 0.4) is 0 Å². The zero-order valence-corrected chi connectivity index (χ0v) is 18.1. The molecule has 2 N–H and O–H groups in total. The van der Waals surface area contributed by atoms with E-state index in [9.17, 15) is 14.4 Å². The smallest absolute Gasteiger partial charge is 0.344 e. The van der Waals surface area contributed by atoms with Crippen molar-refractivity contribution < 1.29 is 23.5 Å². The van der Waals surface area contributed by atoms with E-state index in [1.807, 2.05) is 49.4 Å². The van der Waals surface area contributed by atoms with Crippen LogP contribution in [0.1, 0.15) is 58.9 Å². The number of hydrogen-bond acceptors (Lipinski definition) is 6. The summed E-state index contributed by atoms with van der Waals surface area (Å²) in [6.45, 7) is 6.66. The molecule has 162 valence electrons. The summed E-state index contributed by atoms with van der Waals surface area (Å²) in [4.78, 5) is 36.9. The number of Topliss-reactive ketones (excluding diaryl/α,β-unsaturated/α-hetero) is 1. The summed E-state index contributed by atoms with van der Waals surface area (Å²) in [5, 5.41) is 8.02. The van der Waals surface area contributed by atoms with E-state index in [0.29, 0.717) is 0 Å². The largest absolute Gasteiger partial charge is 0.462 e. The van der Waals surface area contributed by atoms with Crippen LogP contribution in [0.25, 0.3) is 10.8 Å². The normalized spacial score (nSPS) is 11.9. The van der Waals surface area contributed by atoms with Gasteiger partial charge in [0, 0.05) is 6.04 Å². The number of hydrogen-bond donors (Lipinski definition) is 2. The average Bonchev–Trinajstić information content (AvgIpc) is 3.07. The van der Waals surface area contributed by atoms with Crippen LogP contribution in [-0.2, 0) is 9.53 Å². The highest BCUT2D eigenvalue weighted by Crippen LogP contribution is 2.29. The lowest BCUT2D eigenvalue weighted by atomic mass is 10.00. The Labute approximate surface area is 180 Å². The molecule has 0 fully saturated rings. The molecule has 31 heavy (non-hydrogen) atoms. The lowest BCUT2D eigenvalue weighted by Crippen LogP contribution is -2.30. The number of nitrogens with one attached hydrogen (secondary N) is 2. The summed E-state index contributed by atoms with van der Waals surface area (Å²) in [6.07, 6.45) is 0. The molecule has 1 amide bonds. The minimum Gasteiger partial charge on any atom is -0.462 e. The second-order valence-corrected chi connectivity index (χ2v) is 7.23. The van der Waals surface area contributed by atoms with Crippen LogP contribution in [0, 0.1) is 6.92 Å². The molecule has 1 heterocycles. The summed E-state index contributed by atoms with van der Waals surface area (Å²) < 4.78 is 10.5. The Balaban J connectivity index is 1.74. The summed E-state index contributed by atoms with van der Waals surface area (Å²) in [5.41, 5.74) is 1.14. The first-order chi connectivity index (χ1) is 14.8. The number of ether oxygens (including phenoxy) is 1. The molecule has 3 rings (SSSR count). The zero-order valence-electron chi connectivity index (χ0n) is 18.1. The number of fused-ring (bicyclic) bond motifs is 1. The standard InChI is InChI=1S/C24H26N2O5/c1-5-30-24(29)22-21(15(3)27)16(4)31-23(22)26-20(28)13-25-14(2)18-12-8-10-17-9-6-7-11-19(17)18/h6-12,14,25H,5,13H2,1-4H3,(H,26,28)/t14-/m0/s1. The minimum atomic E-state index is -0.711. The number of benzene rings is 2. The van der Waals surface area contributed by atoms with E-state index in [0.717, 1.165) is 16.3 Å². The van der Waals surface area contributed by atoms with Gasteiger partial charge in [-0.3, -0.25) is 14.9 Å². The van der Waals surface area contributed by atoms with Crippen molar-refractivity contribution in [3.63, 3.8) is 0 Å². The maximum Gasteiger partial charge on any atom is 0.344 e. The van der Waals surface area contributed by atoms with Gasteiger partial charge < -0.3 is 14.5 Å². The van der Waals surface area contributed by atoms with Gasteiger partial charge >= 0.3 is 5.97 Å². The molecule has 7 heteroatoms. The maximum atomic E-state index is 12.6. The molecule has 2 aromatic carbocycles. The first-order valence-corrected chi connectivity index (χ1v) is 10.2. The molecule has 1 atom stereocenters. The van der Waals surface area contributed by atoms with Crippen LogP contribution in [0.4, 0.5) is 5.88 Å². The number of amides is 1. The number of carbonyl (C=O) groups is 3. The quantitative estimate of drug-likeness (QED) is 0.412. The number of furan rings is 1. The van der Waals surface area contributed by atoms with Crippen LogP contribution in [0.15, 0.2) is 46.9 Å². The predicted molar refractivity (Wildman–Crippen MR) is 118 cm³/mol. The van der Waals surface area contributed by atoms with E-state index in [4.69, 9.17) is 9.15 Å². The number of aryl methyl sites for hydroxylation is 1. The maximum absolute atomic E-state index is 12.6. The van der Waals surface area contributed by atoms with Gasteiger partial charge in [0.25, 0.3) is 0 Å². The van der Waals surface area contributed by atoms with E-state index in [1.54, 1.807) is 13.8 Å². The van der Waals surface area contributed by atoms with Crippen molar-refractivity contribution in [2.75, 3.05) is 18.5 Å². The Kier molecular flexibility index (Phi) is 6.87. The van der Waals surface area contributed by atoms with Crippen molar-refractivity contribution in [3.05, 3.63) is 64.9 Å². The minimum absolute atomic E-state index is 0.0121. The molecule has 0 spiro atoms. The molecule has 0 saturated carbocycles. The van der Waals surface area contributed by atoms with Gasteiger partial charge in [-0.05, 0) is 44.0 Å². The molecule has 3 aromatic rings. The molecule has 0 saturated heterocycles. The second-order valence-electron chi connectivity index (χ2n) is 7.23. The fourth-order valence-electron chi connectivity index (χ4n) is 3.61. The van der Waals surface area contributed by atoms with E-state index in [-0.39, 0.29) is 47.7 Å². The van der Waals surface area contributed by atoms with E-state index >= 15 is 0 Å². The fourth-order valence-corrected chi connectivity index (χ4v) is 3.61. The summed E-state index contributed by atoms with van der Waals surface area (Å²) in [5.74, 6) is -1.28. The lowest BCUT2D eigenvalue weighted by Gasteiger charge is -2.16. The van der Waals surface area contributed by atoms with Gasteiger partial charge in [-0.25, -0.2) is 4.79 Å². The van der Waals surface area contributed by atoms with Crippen LogP contribution in [-0.4, -0.2) is 30.8 Å². The first-order valence-electron chi connectivity index (χ1n) is 10.2. The lowest BCUT2D eigenvalue weighted by molar-refractivity contribution is -0.115. The van der Waals surface area contributed by atoms with Gasteiger partial charge in [-0.2, -0.15) is 0 Å². The van der Waals surface area contributed by atoms with Crippen LogP contribution < -0.4 is 10.6 Å². The molecule has 7 nitrogen and oxygen atoms in total. The molecular formula is C24H26N2O5. The number of ketones is 1. The molecule has 0 radical (unpaired) electrons. The number of rotatable bonds is 8. The third-order valence-corrected chi connectivity index (χ3v) is 5.03. The molecule has 0 unspecified atom stereocenters. The molecular weight excluding hydrogens is 396 g/mol. The molecule has 0 aliphatic heterocycles. The third kappa shape index (κ3) is 4.83. The Morgan fingerprint density at radius 2 is 1.77 bits per heavy atom. The summed E-state index contributed by atoms with van der Waals surface area (Å²) >= 11 is 0. The average molecular weight is 422 g/mol. The Bertz CT molecular complexity index is 1130. The highest BCUT2D eigenvalue weighted by Gasteiger charge is 2.28. The Morgan fingerprint density at radius 1 is 1.06 bits per heavy atom. The Morgan fingerprint density at radius 3 is 2.48 bits per heavy atom. The Hall–Kier alpha value is -3.45. The summed E-state index contributed by atoms with van der Waals surface area (Å²) in [7, 11) is 0. The molecule has 1 aromatic heterocycles. The van der Waals surface area contributed by atoms with Crippen LogP contribution >= 0.6 is 0 Å². The van der Waals surface area contributed by atoms with Crippen molar-refractivity contribution in [1.29, 1.82) is 0 Å². The van der Waals surface area contributed by atoms with E-state index < -0.39 is 11.9 Å². The van der Waals surface area contributed by atoms with Crippen molar-refractivity contribution in [2.24, 2.45) is 0 Å². The van der Waals surface area contributed by atoms with Crippen molar-refractivity contribution in [3.8, 4) is 0 Å². The second kappa shape index (κ2) is 9.57. The number of anilines is 1. The number of carbonyl (C=O) groups excluding carboxylic acids is 3. The predicted octanol–water partition coefficient (Wildman–Crippen LogP) is 4.41. The fraction of sp³-hybridized carbons (Fsp3) is 0.292. The topological polar surface area (TPSA) is 97.6 Å². The zero-order chi connectivity index (χ0) is 22.5. The van der Waals surface area contributed by atoms with Gasteiger partial charge in [0.15, 0.2) is 5.78 Å². The van der Waals surface area contributed by atoms with E-state index in [2.05, 4.69) is 10.6 Å².